The molecule has 0 spiro atoms. The van der Waals surface area contributed by atoms with Gasteiger partial charge in [-0.25, -0.2) is 0 Å². The summed E-state index contributed by atoms with van der Waals surface area (Å²) in [6.45, 7) is 8.21. The summed E-state index contributed by atoms with van der Waals surface area (Å²) in [6.07, 6.45) is 1.62. The van der Waals surface area contributed by atoms with Crippen LogP contribution >= 0.6 is 0 Å². The van der Waals surface area contributed by atoms with Gasteiger partial charge in [-0.15, -0.1) is 10.2 Å². The molecule has 0 aliphatic carbocycles. The van der Waals surface area contributed by atoms with E-state index in [1.807, 2.05) is 13.8 Å². The fraction of sp³-hybridized carbons (Fsp3) is 0.435. The first-order valence-electron chi connectivity index (χ1n) is 10.5. The van der Waals surface area contributed by atoms with Crippen molar-refractivity contribution in [2.45, 2.75) is 39.8 Å². The van der Waals surface area contributed by atoms with Gasteiger partial charge in [0, 0.05) is 51.5 Å². The normalized spacial score (nSPS) is 14.7. The Morgan fingerprint density at radius 3 is 2.72 bits per heavy atom. The first-order valence-corrected chi connectivity index (χ1v) is 10.5. The Hall–Kier alpha value is -2.73. The Kier molecular flexibility index (Phi) is 5.90. The average molecular weight is 392 g/mol. The van der Waals surface area contributed by atoms with Crippen molar-refractivity contribution in [3.05, 3.63) is 59.7 Å². The van der Waals surface area contributed by atoms with Gasteiger partial charge in [-0.3, -0.25) is 9.69 Å². The van der Waals surface area contributed by atoms with Crippen LogP contribution < -0.4 is 5.32 Å². The highest BCUT2D eigenvalue weighted by Crippen LogP contribution is 2.18. The predicted molar refractivity (Wildman–Crippen MR) is 115 cm³/mol. The third kappa shape index (κ3) is 4.65. The zero-order chi connectivity index (χ0) is 20.2. The summed E-state index contributed by atoms with van der Waals surface area (Å²) < 4.78 is 2.24. The van der Waals surface area contributed by atoms with Crippen molar-refractivity contribution in [2.24, 2.45) is 5.92 Å². The molecular formula is C23H29N5O. The maximum Gasteiger partial charge on any atom is 0.222 e. The largest absolute Gasteiger partial charge is 0.355 e. The van der Waals surface area contributed by atoms with E-state index in [1.54, 1.807) is 0 Å². The Bertz CT molecular complexity index is 994. The molecule has 4 rings (SSSR count). The van der Waals surface area contributed by atoms with Gasteiger partial charge in [0.05, 0.1) is 0 Å². The van der Waals surface area contributed by atoms with Crippen molar-refractivity contribution >= 4 is 16.7 Å². The zero-order valence-corrected chi connectivity index (χ0v) is 17.3. The van der Waals surface area contributed by atoms with Crippen LogP contribution in [0.5, 0.6) is 0 Å². The van der Waals surface area contributed by atoms with Gasteiger partial charge in [-0.05, 0) is 22.4 Å². The van der Waals surface area contributed by atoms with Crippen LogP contribution in [-0.4, -0.2) is 45.2 Å². The van der Waals surface area contributed by atoms with Gasteiger partial charge in [-0.2, -0.15) is 0 Å². The molecule has 1 amide bonds. The fourth-order valence-electron chi connectivity index (χ4n) is 3.87. The van der Waals surface area contributed by atoms with Gasteiger partial charge in [0.2, 0.25) is 5.91 Å². The first-order chi connectivity index (χ1) is 14.1. The van der Waals surface area contributed by atoms with Crippen molar-refractivity contribution in [2.75, 3.05) is 19.6 Å². The monoisotopic (exact) mass is 391 g/mol. The van der Waals surface area contributed by atoms with Crippen LogP contribution in [0, 0.1) is 5.92 Å². The second kappa shape index (κ2) is 8.74. The number of rotatable bonds is 6. The number of aromatic nitrogens is 3. The minimum Gasteiger partial charge on any atom is -0.355 e. The molecular weight excluding hydrogens is 362 g/mol. The molecule has 1 aromatic heterocycles. The number of nitrogens with zero attached hydrogens (tertiary/aromatic N) is 4. The number of carbonyl (C=O) groups excluding carboxylic acids is 1. The molecule has 152 valence electrons. The van der Waals surface area contributed by atoms with E-state index in [1.165, 1.54) is 16.3 Å². The van der Waals surface area contributed by atoms with Crippen molar-refractivity contribution in [1.82, 2.24) is 25.0 Å². The van der Waals surface area contributed by atoms with Crippen molar-refractivity contribution < 1.29 is 4.79 Å². The van der Waals surface area contributed by atoms with Crippen molar-refractivity contribution in [1.29, 1.82) is 0 Å². The Morgan fingerprint density at radius 1 is 1.07 bits per heavy atom. The number of hydrogen-bond donors (Lipinski definition) is 1. The lowest BCUT2D eigenvalue weighted by Crippen LogP contribution is -2.30. The Balaban J connectivity index is 1.36. The fourth-order valence-corrected chi connectivity index (χ4v) is 3.87. The number of nitrogens with one attached hydrogen (secondary N) is 1. The van der Waals surface area contributed by atoms with Crippen molar-refractivity contribution in [3.8, 4) is 0 Å². The molecule has 0 radical (unpaired) electrons. The minimum atomic E-state index is 0.00850. The second-order valence-corrected chi connectivity index (χ2v) is 8.09. The van der Waals surface area contributed by atoms with E-state index in [-0.39, 0.29) is 11.8 Å². The minimum absolute atomic E-state index is 0.00850. The lowest BCUT2D eigenvalue weighted by Gasteiger charge is -2.20. The summed E-state index contributed by atoms with van der Waals surface area (Å²) in [5.74, 6) is 2.11. The van der Waals surface area contributed by atoms with E-state index < -0.39 is 0 Å². The zero-order valence-electron chi connectivity index (χ0n) is 17.3. The quantitative estimate of drug-likeness (QED) is 0.702. The van der Waals surface area contributed by atoms with Gasteiger partial charge in [0.25, 0.3) is 0 Å². The van der Waals surface area contributed by atoms with E-state index in [0.29, 0.717) is 6.54 Å². The summed E-state index contributed by atoms with van der Waals surface area (Å²) in [5, 5.41) is 14.3. The predicted octanol–water partition coefficient (Wildman–Crippen LogP) is 2.80. The Morgan fingerprint density at radius 2 is 1.90 bits per heavy atom. The van der Waals surface area contributed by atoms with Gasteiger partial charge in [0.1, 0.15) is 11.6 Å². The number of benzene rings is 2. The molecule has 0 unspecified atom stereocenters. The Labute approximate surface area is 171 Å². The summed E-state index contributed by atoms with van der Waals surface area (Å²) in [5.41, 5.74) is 1.35. The summed E-state index contributed by atoms with van der Waals surface area (Å²) in [4.78, 5) is 14.2. The van der Waals surface area contributed by atoms with E-state index >= 15 is 0 Å². The molecule has 29 heavy (non-hydrogen) atoms. The molecule has 3 aromatic rings. The van der Waals surface area contributed by atoms with Crippen LogP contribution in [0.4, 0.5) is 0 Å². The average Bonchev–Trinajstić information content (AvgIpc) is 3.00. The third-order valence-electron chi connectivity index (χ3n) is 5.59. The highest BCUT2D eigenvalue weighted by molar-refractivity contribution is 5.83. The summed E-state index contributed by atoms with van der Waals surface area (Å²) >= 11 is 0. The molecule has 6 nitrogen and oxygen atoms in total. The maximum atomic E-state index is 11.8. The molecule has 6 heteroatoms. The van der Waals surface area contributed by atoms with Crippen LogP contribution in [0.1, 0.15) is 31.1 Å². The van der Waals surface area contributed by atoms with E-state index in [2.05, 4.69) is 67.4 Å². The molecule has 1 aliphatic rings. The van der Waals surface area contributed by atoms with Crippen LogP contribution in [0.15, 0.2) is 42.5 Å². The molecule has 0 fully saturated rings. The molecule has 2 heterocycles. The summed E-state index contributed by atoms with van der Waals surface area (Å²) in [7, 11) is 0. The van der Waals surface area contributed by atoms with Gasteiger partial charge < -0.3 is 9.88 Å². The number of carbonyl (C=O) groups is 1. The SMILES string of the molecule is CC(C)C(=O)NCCc1nnc2n1CCN(Cc1ccc3ccccc3c1)CC2. The third-order valence-corrected chi connectivity index (χ3v) is 5.59. The topological polar surface area (TPSA) is 63.1 Å². The van der Waals surface area contributed by atoms with Crippen LogP contribution in [0.25, 0.3) is 10.8 Å². The molecule has 1 aliphatic heterocycles. The number of hydrogen-bond acceptors (Lipinski definition) is 4. The second-order valence-electron chi connectivity index (χ2n) is 8.09. The van der Waals surface area contributed by atoms with Gasteiger partial charge in [0.15, 0.2) is 0 Å². The summed E-state index contributed by atoms with van der Waals surface area (Å²) in [6, 6.07) is 15.2. The van der Waals surface area contributed by atoms with Crippen LogP contribution in [-0.2, 0) is 30.7 Å². The van der Waals surface area contributed by atoms with Gasteiger partial charge in [-0.1, -0.05) is 50.2 Å². The van der Waals surface area contributed by atoms with Crippen LogP contribution in [0.3, 0.4) is 0 Å². The maximum absolute atomic E-state index is 11.8. The highest BCUT2D eigenvalue weighted by Gasteiger charge is 2.19. The lowest BCUT2D eigenvalue weighted by molar-refractivity contribution is -0.123. The standard InChI is InChI=1S/C23H29N5O/c1-17(2)23(29)24-11-9-21-25-26-22-10-12-27(13-14-28(21)22)16-18-7-8-19-5-3-4-6-20(19)15-18/h3-8,15,17H,9-14,16H2,1-2H3,(H,24,29). The molecule has 0 bridgehead atoms. The lowest BCUT2D eigenvalue weighted by atomic mass is 10.1. The first kappa shape index (κ1) is 19.6. The molecule has 2 aromatic carbocycles. The molecule has 0 saturated carbocycles. The highest BCUT2D eigenvalue weighted by atomic mass is 16.1. The smallest absolute Gasteiger partial charge is 0.222 e. The van der Waals surface area contributed by atoms with E-state index in [9.17, 15) is 4.79 Å². The molecule has 0 saturated heterocycles. The van der Waals surface area contributed by atoms with Crippen LogP contribution in [0.2, 0.25) is 0 Å². The molecule has 0 atom stereocenters. The van der Waals surface area contributed by atoms with E-state index in [4.69, 9.17) is 0 Å². The van der Waals surface area contributed by atoms with Gasteiger partial charge >= 0.3 is 0 Å². The number of amides is 1. The van der Waals surface area contributed by atoms with E-state index in [0.717, 1.165) is 50.7 Å². The number of fused-ring (bicyclic) bond motifs is 2. The molecule has 1 N–H and O–H groups in total. The van der Waals surface area contributed by atoms with Crippen molar-refractivity contribution in [3.63, 3.8) is 0 Å².